The highest BCUT2D eigenvalue weighted by Gasteiger charge is 2.17. The van der Waals surface area contributed by atoms with Crippen molar-refractivity contribution in [2.75, 3.05) is 13.7 Å². The van der Waals surface area contributed by atoms with E-state index >= 15 is 0 Å². The Morgan fingerprint density at radius 1 is 0.929 bits per heavy atom. The number of benzene rings is 3. The third kappa shape index (κ3) is 4.92. The van der Waals surface area contributed by atoms with Crippen LogP contribution in [0, 0.1) is 13.8 Å². The van der Waals surface area contributed by atoms with Crippen molar-refractivity contribution in [3.63, 3.8) is 0 Å². The van der Waals surface area contributed by atoms with Gasteiger partial charge in [-0.1, -0.05) is 54.6 Å². The monoisotopic (exact) mass is 375 g/mol. The number of rotatable bonds is 7. The molecule has 0 spiro atoms. The van der Waals surface area contributed by atoms with Gasteiger partial charge in [-0.15, -0.1) is 0 Å². The van der Waals surface area contributed by atoms with Gasteiger partial charge in [-0.2, -0.15) is 0 Å². The van der Waals surface area contributed by atoms with Gasteiger partial charge in [-0.3, -0.25) is 4.79 Å². The number of amides is 1. The van der Waals surface area contributed by atoms with E-state index in [9.17, 15) is 4.79 Å². The predicted octanol–water partition coefficient (Wildman–Crippen LogP) is 4.60. The Labute approximate surface area is 166 Å². The Morgan fingerprint density at radius 3 is 2.29 bits per heavy atom. The zero-order valence-electron chi connectivity index (χ0n) is 16.4. The van der Waals surface area contributed by atoms with Crippen LogP contribution in [0.1, 0.15) is 28.3 Å². The minimum atomic E-state index is -0.262. The molecule has 4 heteroatoms. The second-order valence-corrected chi connectivity index (χ2v) is 6.74. The van der Waals surface area contributed by atoms with Crippen LogP contribution in [0.2, 0.25) is 0 Å². The molecule has 1 N–H and O–H groups in total. The van der Waals surface area contributed by atoms with Gasteiger partial charge in [0.05, 0.1) is 13.2 Å². The van der Waals surface area contributed by atoms with Gasteiger partial charge in [0.1, 0.15) is 11.5 Å². The van der Waals surface area contributed by atoms with Crippen LogP contribution in [0.3, 0.4) is 0 Å². The quantitative estimate of drug-likeness (QED) is 0.657. The van der Waals surface area contributed by atoms with Gasteiger partial charge in [-0.05, 0) is 54.3 Å². The zero-order valence-corrected chi connectivity index (χ0v) is 16.4. The van der Waals surface area contributed by atoms with Gasteiger partial charge in [0.25, 0.3) is 5.91 Å². The van der Waals surface area contributed by atoms with Crippen molar-refractivity contribution in [3.05, 3.63) is 95.1 Å². The van der Waals surface area contributed by atoms with Crippen LogP contribution in [0.15, 0.2) is 72.8 Å². The summed E-state index contributed by atoms with van der Waals surface area (Å²) in [6.07, 6.45) is 0. The van der Waals surface area contributed by atoms with Gasteiger partial charge < -0.3 is 14.8 Å². The molecular weight excluding hydrogens is 350 g/mol. The van der Waals surface area contributed by atoms with E-state index in [0.29, 0.717) is 0 Å². The fourth-order valence-corrected chi connectivity index (χ4v) is 3.01. The minimum absolute atomic E-state index is 0.0379. The smallest absolute Gasteiger partial charge is 0.258 e. The average Bonchev–Trinajstić information content (AvgIpc) is 2.73. The molecule has 0 aromatic heterocycles. The molecule has 3 rings (SSSR count). The number of methoxy groups -OCH3 is 1. The van der Waals surface area contributed by atoms with E-state index in [4.69, 9.17) is 9.47 Å². The molecule has 0 aliphatic rings. The first kappa shape index (κ1) is 19.5. The highest BCUT2D eigenvalue weighted by Crippen LogP contribution is 2.24. The van der Waals surface area contributed by atoms with Gasteiger partial charge in [-0.25, -0.2) is 0 Å². The van der Waals surface area contributed by atoms with E-state index in [2.05, 4.69) is 5.32 Å². The van der Waals surface area contributed by atoms with E-state index in [1.807, 2.05) is 86.6 Å². The molecule has 0 aliphatic heterocycles. The third-order valence-corrected chi connectivity index (χ3v) is 4.59. The van der Waals surface area contributed by atoms with Crippen LogP contribution in [0.25, 0.3) is 0 Å². The number of nitrogens with one attached hydrogen (secondary N) is 1. The predicted molar refractivity (Wildman–Crippen MR) is 111 cm³/mol. The maximum absolute atomic E-state index is 12.6. The van der Waals surface area contributed by atoms with Crippen LogP contribution in [0.5, 0.6) is 11.5 Å². The van der Waals surface area contributed by atoms with E-state index < -0.39 is 0 Å². The number of hydrogen-bond donors (Lipinski definition) is 1. The number of ether oxygens (including phenoxy) is 2. The number of hydrogen-bond acceptors (Lipinski definition) is 3. The summed E-state index contributed by atoms with van der Waals surface area (Å²) in [5, 5.41) is 3.09. The summed E-state index contributed by atoms with van der Waals surface area (Å²) in [6, 6.07) is 23.3. The maximum Gasteiger partial charge on any atom is 0.258 e. The molecule has 0 aliphatic carbocycles. The lowest BCUT2D eigenvalue weighted by Crippen LogP contribution is -2.33. The Balaban J connectivity index is 1.75. The number of carbonyl (C=O) groups excluding carboxylic acids is 1. The molecule has 1 atom stereocenters. The highest BCUT2D eigenvalue weighted by atomic mass is 16.5. The van der Waals surface area contributed by atoms with E-state index in [1.165, 1.54) is 0 Å². The van der Waals surface area contributed by atoms with Crippen LogP contribution in [0.4, 0.5) is 0 Å². The molecule has 3 aromatic carbocycles. The fraction of sp³-hybridized carbons (Fsp3) is 0.208. The molecule has 144 valence electrons. The van der Waals surface area contributed by atoms with Crippen molar-refractivity contribution < 1.29 is 14.3 Å². The standard InChI is InChI=1S/C24H25NO3/c1-17-9-10-18(2)22(15-17)28-16-23(26)25-24(19-7-5-4-6-8-19)20-11-13-21(27-3)14-12-20/h4-15,24H,16H2,1-3H3,(H,25,26). The molecule has 4 nitrogen and oxygen atoms in total. The zero-order chi connectivity index (χ0) is 19.9. The van der Waals surface area contributed by atoms with Crippen molar-refractivity contribution in [1.82, 2.24) is 5.32 Å². The molecule has 0 radical (unpaired) electrons. The van der Waals surface area contributed by atoms with E-state index in [-0.39, 0.29) is 18.6 Å². The third-order valence-electron chi connectivity index (χ3n) is 4.59. The molecule has 0 saturated carbocycles. The SMILES string of the molecule is COc1ccc(C(NC(=O)COc2cc(C)ccc2C)c2ccccc2)cc1. The van der Waals surface area contributed by atoms with Crippen molar-refractivity contribution >= 4 is 5.91 Å². The Hall–Kier alpha value is -3.27. The minimum Gasteiger partial charge on any atom is -0.497 e. The molecule has 3 aromatic rings. The Bertz CT molecular complexity index is 920. The first-order chi connectivity index (χ1) is 13.6. The molecule has 28 heavy (non-hydrogen) atoms. The summed E-state index contributed by atoms with van der Waals surface area (Å²) in [5.41, 5.74) is 4.09. The lowest BCUT2D eigenvalue weighted by molar-refractivity contribution is -0.123. The van der Waals surface area contributed by atoms with Crippen molar-refractivity contribution in [3.8, 4) is 11.5 Å². The second-order valence-electron chi connectivity index (χ2n) is 6.74. The summed E-state index contributed by atoms with van der Waals surface area (Å²) >= 11 is 0. The fourth-order valence-electron chi connectivity index (χ4n) is 3.01. The lowest BCUT2D eigenvalue weighted by atomic mass is 9.98. The Kier molecular flexibility index (Phi) is 6.33. The number of carbonyl (C=O) groups is 1. The first-order valence-electron chi connectivity index (χ1n) is 9.25. The van der Waals surface area contributed by atoms with Gasteiger partial charge in [0, 0.05) is 0 Å². The van der Waals surface area contributed by atoms with Crippen molar-refractivity contribution in [2.45, 2.75) is 19.9 Å². The summed E-state index contributed by atoms with van der Waals surface area (Å²) in [7, 11) is 1.64. The van der Waals surface area contributed by atoms with Crippen molar-refractivity contribution in [1.29, 1.82) is 0 Å². The molecule has 0 bridgehead atoms. The normalized spacial score (nSPS) is 11.5. The van der Waals surface area contributed by atoms with Crippen LogP contribution >= 0.6 is 0 Å². The molecular formula is C24H25NO3. The second kappa shape index (κ2) is 9.09. The van der Waals surface area contributed by atoms with Crippen LogP contribution in [-0.4, -0.2) is 19.6 Å². The Morgan fingerprint density at radius 2 is 1.61 bits per heavy atom. The summed E-state index contributed by atoms with van der Waals surface area (Å²) < 4.78 is 11.0. The van der Waals surface area contributed by atoms with Crippen LogP contribution < -0.4 is 14.8 Å². The van der Waals surface area contributed by atoms with Gasteiger partial charge in [0.15, 0.2) is 6.61 Å². The van der Waals surface area contributed by atoms with Gasteiger partial charge in [0.2, 0.25) is 0 Å². The summed E-state index contributed by atoms with van der Waals surface area (Å²) in [6.45, 7) is 3.93. The van der Waals surface area contributed by atoms with E-state index in [1.54, 1.807) is 7.11 Å². The molecule has 1 amide bonds. The first-order valence-corrected chi connectivity index (χ1v) is 9.25. The van der Waals surface area contributed by atoms with Gasteiger partial charge >= 0.3 is 0 Å². The summed E-state index contributed by atoms with van der Waals surface area (Å²) in [5.74, 6) is 1.33. The number of aryl methyl sites for hydroxylation is 2. The average molecular weight is 375 g/mol. The largest absolute Gasteiger partial charge is 0.497 e. The van der Waals surface area contributed by atoms with Crippen molar-refractivity contribution in [2.24, 2.45) is 0 Å². The van der Waals surface area contributed by atoms with Crippen LogP contribution in [-0.2, 0) is 4.79 Å². The topological polar surface area (TPSA) is 47.6 Å². The highest BCUT2D eigenvalue weighted by molar-refractivity contribution is 5.78. The summed E-state index contributed by atoms with van der Waals surface area (Å²) in [4.78, 5) is 12.6. The van der Waals surface area contributed by atoms with E-state index in [0.717, 1.165) is 33.8 Å². The molecule has 1 unspecified atom stereocenters. The maximum atomic E-state index is 12.6. The lowest BCUT2D eigenvalue weighted by Gasteiger charge is -2.20. The molecule has 0 saturated heterocycles. The molecule has 0 fully saturated rings. The molecule has 0 heterocycles.